The Kier molecular flexibility index (Phi) is 4.71. The fourth-order valence-corrected chi connectivity index (χ4v) is 4.32. The van der Waals surface area contributed by atoms with Crippen molar-refractivity contribution in [2.24, 2.45) is 12.8 Å². The number of benzene rings is 1. The third-order valence-electron chi connectivity index (χ3n) is 2.68. The summed E-state index contributed by atoms with van der Waals surface area (Å²) in [5, 5.41) is 7.20. The fraction of sp³-hybridized carbons (Fsp3) is 0.182. The molecule has 112 valence electrons. The van der Waals surface area contributed by atoms with Crippen LogP contribution in [0.1, 0.15) is 11.6 Å². The molecule has 0 fully saturated rings. The molecule has 0 bridgehead atoms. The summed E-state index contributed by atoms with van der Waals surface area (Å²) in [6.45, 7) is 0. The molecular weight excluding hydrogens is 378 g/mol. The molecule has 2 aromatic rings. The fourth-order valence-electron chi connectivity index (χ4n) is 1.75. The van der Waals surface area contributed by atoms with Gasteiger partial charge in [0, 0.05) is 7.05 Å². The Morgan fingerprint density at radius 3 is 2.52 bits per heavy atom. The van der Waals surface area contributed by atoms with E-state index in [4.69, 9.17) is 18.0 Å². The van der Waals surface area contributed by atoms with Crippen LogP contribution in [0.5, 0.6) is 0 Å². The minimum atomic E-state index is -3.90. The standard InChI is InChI=1S/C11H12BrN5O2S2/c1-17-11(9(12)14-16-17)21(18,19)15-8(10(13)20)7-5-3-2-4-6-7/h2-6,8,15H,1H3,(H2,13,20). The van der Waals surface area contributed by atoms with E-state index in [1.165, 1.54) is 7.05 Å². The Labute approximate surface area is 135 Å². The lowest BCUT2D eigenvalue weighted by Gasteiger charge is -2.17. The molecule has 0 aliphatic heterocycles. The van der Waals surface area contributed by atoms with Crippen molar-refractivity contribution < 1.29 is 8.42 Å². The zero-order chi connectivity index (χ0) is 15.6. The molecule has 0 aliphatic carbocycles. The molecule has 1 aromatic carbocycles. The maximum Gasteiger partial charge on any atom is 0.261 e. The Bertz CT molecular complexity index is 741. The molecule has 0 radical (unpaired) electrons. The van der Waals surface area contributed by atoms with E-state index >= 15 is 0 Å². The van der Waals surface area contributed by atoms with Crippen molar-refractivity contribution in [3.05, 3.63) is 40.5 Å². The average Bonchev–Trinajstić information content (AvgIpc) is 2.77. The van der Waals surface area contributed by atoms with Crippen molar-refractivity contribution in [1.82, 2.24) is 19.7 Å². The van der Waals surface area contributed by atoms with Gasteiger partial charge in [0.05, 0.1) is 11.0 Å². The maximum absolute atomic E-state index is 12.5. The number of sulfonamides is 1. The van der Waals surface area contributed by atoms with Crippen molar-refractivity contribution in [3.8, 4) is 0 Å². The highest BCUT2D eigenvalue weighted by atomic mass is 79.9. The summed E-state index contributed by atoms with van der Waals surface area (Å²) in [6, 6.07) is 8.03. The molecule has 1 aromatic heterocycles. The predicted octanol–water partition coefficient (Wildman–Crippen LogP) is 0.883. The molecule has 0 saturated carbocycles. The van der Waals surface area contributed by atoms with Crippen LogP contribution in [0.15, 0.2) is 40.0 Å². The Morgan fingerprint density at radius 2 is 2.05 bits per heavy atom. The largest absolute Gasteiger partial charge is 0.392 e. The molecule has 3 N–H and O–H groups in total. The molecule has 7 nitrogen and oxygen atoms in total. The van der Waals surface area contributed by atoms with E-state index < -0.39 is 16.1 Å². The van der Waals surface area contributed by atoms with Crippen LogP contribution < -0.4 is 10.5 Å². The smallest absolute Gasteiger partial charge is 0.261 e. The predicted molar refractivity (Wildman–Crippen MR) is 85.0 cm³/mol. The van der Waals surface area contributed by atoms with Gasteiger partial charge in [-0.05, 0) is 21.5 Å². The zero-order valence-electron chi connectivity index (χ0n) is 10.9. The highest BCUT2D eigenvalue weighted by Gasteiger charge is 2.28. The van der Waals surface area contributed by atoms with E-state index in [0.29, 0.717) is 5.56 Å². The third kappa shape index (κ3) is 3.46. The molecule has 0 aliphatic rings. The van der Waals surface area contributed by atoms with Crippen molar-refractivity contribution in [1.29, 1.82) is 0 Å². The van der Waals surface area contributed by atoms with Gasteiger partial charge in [0.1, 0.15) is 0 Å². The van der Waals surface area contributed by atoms with E-state index in [1.807, 2.05) is 6.07 Å². The first-order valence-electron chi connectivity index (χ1n) is 5.74. The number of halogens is 1. The van der Waals surface area contributed by atoms with Crippen LogP contribution in [0.2, 0.25) is 0 Å². The first-order valence-corrected chi connectivity index (χ1v) is 8.43. The number of aryl methyl sites for hydroxylation is 1. The highest BCUT2D eigenvalue weighted by molar-refractivity contribution is 9.10. The SMILES string of the molecule is Cn1nnc(Br)c1S(=O)(=O)NC(C(N)=S)c1ccccc1. The van der Waals surface area contributed by atoms with Crippen LogP contribution in [0.25, 0.3) is 0 Å². The number of aromatic nitrogens is 3. The third-order valence-corrected chi connectivity index (χ3v) is 5.23. The summed E-state index contributed by atoms with van der Waals surface area (Å²) in [6.07, 6.45) is 0. The first kappa shape index (κ1) is 16.0. The lowest BCUT2D eigenvalue weighted by molar-refractivity contribution is 0.556. The maximum atomic E-state index is 12.5. The van der Waals surface area contributed by atoms with E-state index in [1.54, 1.807) is 24.3 Å². The minimum Gasteiger partial charge on any atom is -0.392 e. The van der Waals surface area contributed by atoms with Gasteiger partial charge in [0.2, 0.25) is 5.03 Å². The average molecular weight is 390 g/mol. The van der Waals surface area contributed by atoms with Gasteiger partial charge in [0.25, 0.3) is 10.0 Å². The summed E-state index contributed by atoms with van der Waals surface area (Å²) >= 11 is 8.02. The van der Waals surface area contributed by atoms with Crippen LogP contribution in [0.4, 0.5) is 0 Å². The van der Waals surface area contributed by atoms with Crippen molar-refractivity contribution in [2.45, 2.75) is 11.1 Å². The molecule has 0 spiro atoms. The molecule has 10 heteroatoms. The van der Waals surface area contributed by atoms with Gasteiger partial charge in [-0.25, -0.2) is 13.1 Å². The zero-order valence-corrected chi connectivity index (χ0v) is 14.1. The molecule has 2 rings (SSSR count). The topological polar surface area (TPSA) is 103 Å². The van der Waals surface area contributed by atoms with Gasteiger partial charge in [-0.3, -0.25) is 0 Å². The molecular formula is C11H12BrN5O2S2. The minimum absolute atomic E-state index is 0.0241. The van der Waals surface area contributed by atoms with Crippen LogP contribution in [0.3, 0.4) is 0 Å². The summed E-state index contributed by atoms with van der Waals surface area (Å²) < 4.78 is 28.7. The number of nitrogens with zero attached hydrogens (tertiary/aromatic N) is 3. The number of hydrogen-bond acceptors (Lipinski definition) is 5. The Hall–Kier alpha value is -1.36. The number of nitrogens with one attached hydrogen (secondary N) is 1. The van der Waals surface area contributed by atoms with Gasteiger partial charge in [-0.15, -0.1) is 5.10 Å². The summed E-state index contributed by atoms with van der Waals surface area (Å²) in [5.41, 5.74) is 6.31. The number of hydrogen-bond donors (Lipinski definition) is 2. The van der Waals surface area contributed by atoms with Gasteiger partial charge >= 0.3 is 0 Å². The second-order valence-electron chi connectivity index (χ2n) is 4.18. The molecule has 0 amide bonds. The Balaban J connectivity index is 2.40. The van der Waals surface area contributed by atoms with Crippen LogP contribution in [-0.4, -0.2) is 28.4 Å². The van der Waals surface area contributed by atoms with E-state index in [-0.39, 0.29) is 14.6 Å². The summed E-state index contributed by atoms with van der Waals surface area (Å²) in [5.74, 6) is 0. The lowest BCUT2D eigenvalue weighted by Crippen LogP contribution is -2.37. The molecule has 21 heavy (non-hydrogen) atoms. The lowest BCUT2D eigenvalue weighted by atomic mass is 10.1. The number of nitrogens with two attached hydrogens (primary N) is 1. The first-order chi connectivity index (χ1) is 9.83. The second-order valence-corrected chi connectivity index (χ2v) is 7.03. The van der Waals surface area contributed by atoms with Crippen LogP contribution in [0, 0.1) is 0 Å². The molecule has 0 saturated heterocycles. The van der Waals surface area contributed by atoms with Crippen LogP contribution >= 0.6 is 28.1 Å². The highest BCUT2D eigenvalue weighted by Crippen LogP contribution is 2.21. The van der Waals surface area contributed by atoms with Crippen LogP contribution in [-0.2, 0) is 17.1 Å². The van der Waals surface area contributed by atoms with Gasteiger partial charge in [0.15, 0.2) is 4.60 Å². The summed E-state index contributed by atoms with van der Waals surface area (Å²) in [7, 11) is -2.42. The van der Waals surface area contributed by atoms with Gasteiger partial charge in [-0.2, -0.15) is 4.72 Å². The van der Waals surface area contributed by atoms with Gasteiger partial charge in [-0.1, -0.05) is 47.8 Å². The van der Waals surface area contributed by atoms with Crippen molar-refractivity contribution >= 4 is 43.2 Å². The van der Waals surface area contributed by atoms with Crippen molar-refractivity contribution in [2.75, 3.05) is 0 Å². The van der Waals surface area contributed by atoms with Gasteiger partial charge < -0.3 is 5.73 Å². The molecule has 1 unspecified atom stereocenters. The summed E-state index contributed by atoms with van der Waals surface area (Å²) in [4.78, 5) is 0.0241. The normalized spacial score (nSPS) is 13.0. The van der Waals surface area contributed by atoms with E-state index in [9.17, 15) is 8.42 Å². The Morgan fingerprint density at radius 1 is 1.43 bits per heavy atom. The molecule has 1 heterocycles. The van der Waals surface area contributed by atoms with E-state index in [0.717, 1.165) is 4.68 Å². The molecule has 1 atom stereocenters. The number of rotatable bonds is 5. The second kappa shape index (κ2) is 6.18. The monoisotopic (exact) mass is 389 g/mol. The van der Waals surface area contributed by atoms with Crippen molar-refractivity contribution in [3.63, 3.8) is 0 Å². The van der Waals surface area contributed by atoms with E-state index in [2.05, 4.69) is 31.0 Å². The number of thiocarbonyl (C=S) groups is 1. The quantitative estimate of drug-likeness (QED) is 0.735.